The van der Waals surface area contributed by atoms with Gasteiger partial charge in [-0.05, 0) is 54.0 Å². The summed E-state index contributed by atoms with van der Waals surface area (Å²) in [6, 6.07) is 27.7. The SMILES string of the molecule is [C-]#[N+]/C(=C\c1cccn1CCCn1cccc1/C=C(\[N+]#[C-])c1ccccc1)c1ccccc1. The maximum Gasteiger partial charge on any atom is 0.196 e. The van der Waals surface area contributed by atoms with Crippen LogP contribution in [0.5, 0.6) is 0 Å². The van der Waals surface area contributed by atoms with Crippen LogP contribution >= 0.6 is 0 Å². The van der Waals surface area contributed by atoms with Crippen molar-refractivity contribution in [3.05, 3.63) is 143 Å². The van der Waals surface area contributed by atoms with Gasteiger partial charge in [-0.1, -0.05) is 60.7 Å². The molecule has 2 aromatic carbocycles. The highest BCUT2D eigenvalue weighted by Crippen LogP contribution is 2.21. The molecule has 0 saturated carbocycles. The van der Waals surface area contributed by atoms with Crippen molar-refractivity contribution in [1.82, 2.24) is 9.13 Å². The van der Waals surface area contributed by atoms with Gasteiger partial charge >= 0.3 is 0 Å². The summed E-state index contributed by atoms with van der Waals surface area (Å²) in [7, 11) is 0. The maximum atomic E-state index is 7.58. The predicted molar refractivity (Wildman–Crippen MR) is 135 cm³/mol. The van der Waals surface area contributed by atoms with Crippen LogP contribution in [-0.2, 0) is 13.1 Å². The zero-order valence-corrected chi connectivity index (χ0v) is 18.3. The van der Waals surface area contributed by atoms with Crippen molar-refractivity contribution in [2.45, 2.75) is 19.5 Å². The highest BCUT2D eigenvalue weighted by molar-refractivity contribution is 5.85. The second-order valence-corrected chi connectivity index (χ2v) is 7.62. The lowest BCUT2D eigenvalue weighted by Crippen LogP contribution is -2.05. The van der Waals surface area contributed by atoms with Crippen LogP contribution in [-0.4, -0.2) is 9.13 Å². The Morgan fingerprint density at radius 3 is 1.42 bits per heavy atom. The van der Waals surface area contributed by atoms with Crippen molar-refractivity contribution in [2.24, 2.45) is 0 Å². The van der Waals surface area contributed by atoms with Gasteiger partial charge in [0, 0.05) is 36.9 Å². The fourth-order valence-electron chi connectivity index (χ4n) is 3.79. The van der Waals surface area contributed by atoms with Gasteiger partial charge in [0.2, 0.25) is 0 Å². The Labute approximate surface area is 195 Å². The highest BCUT2D eigenvalue weighted by atomic mass is 15.0. The number of aryl methyl sites for hydroxylation is 2. The summed E-state index contributed by atoms with van der Waals surface area (Å²) in [6.45, 7) is 16.8. The number of hydrogen-bond donors (Lipinski definition) is 0. The smallest absolute Gasteiger partial charge is 0.196 e. The van der Waals surface area contributed by atoms with E-state index in [0.717, 1.165) is 42.0 Å². The summed E-state index contributed by atoms with van der Waals surface area (Å²) in [5.41, 5.74) is 5.19. The van der Waals surface area contributed by atoms with E-state index in [4.69, 9.17) is 13.1 Å². The molecule has 0 radical (unpaired) electrons. The molecular weight excluding hydrogens is 404 g/mol. The highest BCUT2D eigenvalue weighted by Gasteiger charge is 2.06. The number of nitrogens with zero attached hydrogens (tertiary/aromatic N) is 4. The third-order valence-corrected chi connectivity index (χ3v) is 5.48. The van der Waals surface area contributed by atoms with Gasteiger partial charge in [0.1, 0.15) is 0 Å². The molecule has 0 aliphatic heterocycles. The molecule has 0 N–H and O–H groups in total. The van der Waals surface area contributed by atoms with Crippen molar-refractivity contribution < 1.29 is 0 Å². The molecule has 4 heteroatoms. The van der Waals surface area contributed by atoms with Gasteiger partial charge in [0.25, 0.3) is 0 Å². The molecule has 0 aliphatic carbocycles. The molecule has 0 aliphatic rings. The zero-order valence-electron chi connectivity index (χ0n) is 18.3. The van der Waals surface area contributed by atoms with Gasteiger partial charge in [-0.3, -0.25) is 0 Å². The molecule has 0 atom stereocenters. The molecule has 4 rings (SSSR count). The predicted octanol–water partition coefficient (Wildman–Crippen LogP) is 7.21. The minimum absolute atomic E-state index is 0.640. The van der Waals surface area contributed by atoms with Crippen LogP contribution in [0.3, 0.4) is 0 Å². The first-order valence-corrected chi connectivity index (χ1v) is 10.9. The van der Waals surface area contributed by atoms with E-state index in [9.17, 15) is 0 Å². The second-order valence-electron chi connectivity index (χ2n) is 7.62. The summed E-state index contributed by atoms with van der Waals surface area (Å²) >= 11 is 0. The van der Waals surface area contributed by atoms with E-state index < -0.39 is 0 Å². The zero-order chi connectivity index (χ0) is 22.9. The van der Waals surface area contributed by atoms with E-state index in [1.54, 1.807) is 0 Å². The first kappa shape index (κ1) is 21.7. The molecule has 0 unspecified atom stereocenters. The molecule has 0 saturated heterocycles. The first-order valence-electron chi connectivity index (χ1n) is 10.9. The van der Waals surface area contributed by atoms with Crippen molar-refractivity contribution >= 4 is 23.5 Å². The molecule has 2 aromatic heterocycles. The summed E-state index contributed by atoms with van der Waals surface area (Å²) < 4.78 is 4.36. The number of benzene rings is 2. The van der Waals surface area contributed by atoms with E-state index in [2.05, 4.69) is 31.2 Å². The molecular formula is C29H24N4. The molecule has 0 amide bonds. The van der Waals surface area contributed by atoms with Gasteiger partial charge in [-0.15, -0.1) is 0 Å². The van der Waals surface area contributed by atoms with E-state index in [1.807, 2.05) is 97.1 Å². The Kier molecular flexibility index (Phi) is 7.01. The van der Waals surface area contributed by atoms with Crippen molar-refractivity contribution in [2.75, 3.05) is 0 Å². The lowest BCUT2D eigenvalue weighted by atomic mass is 10.1. The summed E-state index contributed by atoms with van der Waals surface area (Å²) in [5.74, 6) is 0. The van der Waals surface area contributed by atoms with Gasteiger partial charge in [0.05, 0.1) is 13.1 Å². The fourth-order valence-corrected chi connectivity index (χ4v) is 3.79. The number of hydrogen-bond acceptors (Lipinski definition) is 0. The topological polar surface area (TPSA) is 18.6 Å². The van der Waals surface area contributed by atoms with Crippen LogP contribution in [0.15, 0.2) is 97.3 Å². The normalized spacial score (nSPS) is 11.7. The van der Waals surface area contributed by atoms with Crippen LogP contribution in [0.1, 0.15) is 28.9 Å². The monoisotopic (exact) mass is 428 g/mol. The van der Waals surface area contributed by atoms with Gasteiger partial charge in [-0.2, -0.15) is 0 Å². The molecule has 0 spiro atoms. The average molecular weight is 429 g/mol. The Bertz CT molecular complexity index is 1230. The number of rotatable bonds is 8. The van der Waals surface area contributed by atoms with E-state index in [0.29, 0.717) is 11.4 Å². The van der Waals surface area contributed by atoms with Crippen LogP contribution in [0.25, 0.3) is 33.2 Å². The first-order chi connectivity index (χ1) is 16.3. The summed E-state index contributed by atoms with van der Waals surface area (Å²) in [6.07, 6.45) is 8.95. The fraction of sp³-hybridized carbons (Fsp3) is 0.103. The Balaban J connectivity index is 1.45. The van der Waals surface area contributed by atoms with Crippen molar-refractivity contribution in [3.8, 4) is 0 Å². The quantitative estimate of drug-likeness (QED) is 0.264. The molecule has 33 heavy (non-hydrogen) atoms. The maximum absolute atomic E-state index is 7.58. The molecule has 4 aromatic rings. The third kappa shape index (κ3) is 5.39. The van der Waals surface area contributed by atoms with Crippen LogP contribution in [0.2, 0.25) is 0 Å². The summed E-state index contributed by atoms with van der Waals surface area (Å²) in [5, 5.41) is 0. The van der Waals surface area contributed by atoms with Gasteiger partial charge in [0.15, 0.2) is 11.4 Å². The average Bonchev–Trinajstić information content (AvgIpc) is 3.51. The standard InChI is InChI=1S/C29H24N4/c1-30-28(24-12-5-3-6-13-24)22-26-16-9-18-32(26)20-11-21-33-19-10-17-27(33)23-29(31-2)25-14-7-4-8-15-25/h3-10,12-19,22-23H,11,20-21H2/b28-22-,29-23-. The molecule has 0 bridgehead atoms. The van der Waals surface area contributed by atoms with Crippen LogP contribution in [0.4, 0.5) is 0 Å². The molecule has 160 valence electrons. The largest absolute Gasteiger partial charge is 0.349 e. The van der Waals surface area contributed by atoms with E-state index >= 15 is 0 Å². The third-order valence-electron chi connectivity index (χ3n) is 5.48. The lowest BCUT2D eigenvalue weighted by molar-refractivity contribution is 0.563. The summed E-state index contributed by atoms with van der Waals surface area (Å²) in [4.78, 5) is 7.46. The van der Waals surface area contributed by atoms with Crippen molar-refractivity contribution in [3.63, 3.8) is 0 Å². The number of aromatic nitrogens is 2. The lowest BCUT2D eigenvalue weighted by Gasteiger charge is -2.10. The van der Waals surface area contributed by atoms with E-state index in [1.165, 1.54) is 0 Å². The van der Waals surface area contributed by atoms with Gasteiger partial charge in [-0.25, -0.2) is 9.69 Å². The minimum Gasteiger partial charge on any atom is -0.349 e. The molecule has 2 heterocycles. The van der Waals surface area contributed by atoms with E-state index in [-0.39, 0.29) is 0 Å². The second kappa shape index (κ2) is 10.7. The van der Waals surface area contributed by atoms with Crippen LogP contribution < -0.4 is 0 Å². The van der Waals surface area contributed by atoms with Crippen molar-refractivity contribution in [1.29, 1.82) is 0 Å². The Hall–Kier alpha value is -4.54. The Morgan fingerprint density at radius 2 is 1.03 bits per heavy atom. The molecule has 4 nitrogen and oxygen atoms in total. The Morgan fingerprint density at radius 1 is 0.606 bits per heavy atom. The van der Waals surface area contributed by atoms with Gasteiger partial charge < -0.3 is 9.13 Å². The minimum atomic E-state index is 0.640. The van der Waals surface area contributed by atoms with Crippen LogP contribution in [0, 0.1) is 13.1 Å². The molecule has 0 fully saturated rings.